The molecular formula is C13H13ClN2O2. The van der Waals surface area contributed by atoms with Gasteiger partial charge < -0.3 is 9.47 Å². The van der Waals surface area contributed by atoms with Crippen molar-refractivity contribution < 1.29 is 9.47 Å². The van der Waals surface area contributed by atoms with Crippen molar-refractivity contribution in [2.24, 2.45) is 0 Å². The van der Waals surface area contributed by atoms with Crippen LogP contribution in [0.25, 0.3) is 0 Å². The van der Waals surface area contributed by atoms with Crippen molar-refractivity contribution in [3.63, 3.8) is 0 Å². The Morgan fingerprint density at radius 3 is 2.78 bits per heavy atom. The average molecular weight is 265 g/mol. The van der Waals surface area contributed by atoms with Gasteiger partial charge in [0.2, 0.25) is 5.88 Å². The lowest BCUT2D eigenvalue weighted by molar-refractivity contribution is 0.291. The van der Waals surface area contributed by atoms with Gasteiger partial charge in [0, 0.05) is 6.07 Å². The number of hydrogen-bond donors (Lipinski definition) is 0. The van der Waals surface area contributed by atoms with Gasteiger partial charge >= 0.3 is 0 Å². The lowest BCUT2D eigenvalue weighted by Gasteiger charge is -2.07. The van der Waals surface area contributed by atoms with Crippen LogP contribution < -0.4 is 9.47 Å². The predicted molar refractivity (Wildman–Crippen MR) is 69.1 cm³/mol. The second kappa shape index (κ2) is 5.69. The Kier molecular flexibility index (Phi) is 3.99. The quantitative estimate of drug-likeness (QED) is 0.796. The summed E-state index contributed by atoms with van der Waals surface area (Å²) in [6.07, 6.45) is 0. The average Bonchev–Trinajstić information content (AvgIpc) is 2.35. The van der Waals surface area contributed by atoms with Crippen molar-refractivity contribution in [1.29, 1.82) is 0 Å². The third kappa shape index (κ3) is 3.34. The molecule has 4 nitrogen and oxygen atoms in total. The van der Waals surface area contributed by atoms with E-state index in [1.54, 1.807) is 20.1 Å². The van der Waals surface area contributed by atoms with E-state index in [4.69, 9.17) is 21.1 Å². The maximum Gasteiger partial charge on any atom is 0.218 e. The second-order valence-electron chi connectivity index (χ2n) is 3.72. The monoisotopic (exact) mass is 264 g/mol. The minimum absolute atomic E-state index is 0.378. The molecule has 0 aliphatic carbocycles. The van der Waals surface area contributed by atoms with Crippen LogP contribution in [-0.2, 0) is 6.61 Å². The van der Waals surface area contributed by atoms with Gasteiger partial charge in [0.05, 0.1) is 7.11 Å². The molecule has 1 aromatic heterocycles. The molecule has 2 rings (SSSR count). The van der Waals surface area contributed by atoms with Crippen molar-refractivity contribution in [3.05, 3.63) is 46.9 Å². The number of methoxy groups -OCH3 is 1. The topological polar surface area (TPSA) is 44.2 Å². The highest BCUT2D eigenvalue weighted by Crippen LogP contribution is 2.17. The number of aryl methyl sites for hydroxylation is 1. The first-order chi connectivity index (χ1) is 8.67. The third-order valence-corrected chi connectivity index (χ3v) is 2.50. The molecule has 1 aromatic carbocycles. The van der Waals surface area contributed by atoms with Crippen LogP contribution in [0.2, 0.25) is 5.15 Å². The number of rotatable bonds is 4. The smallest absolute Gasteiger partial charge is 0.218 e. The number of ether oxygens (including phenoxy) is 2. The van der Waals surface area contributed by atoms with Crippen molar-refractivity contribution >= 4 is 11.6 Å². The number of aromatic nitrogens is 2. The summed E-state index contributed by atoms with van der Waals surface area (Å²) in [4.78, 5) is 8.11. The fourth-order valence-corrected chi connectivity index (χ4v) is 1.71. The Morgan fingerprint density at radius 2 is 2.06 bits per heavy atom. The van der Waals surface area contributed by atoms with Gasteiger partial charge in [-0.1, -0.05) is 23.7 Å². The Labute approximate surface area is 111 Å². The van der Waals surface area contributed by atoms with E-state index in [0.29, 0.717) is 23.5 Å². The fourth-order valence-electron chi connectivity index (χ4n) is 1.50. The third-order valence-electron chi connectivity index (χ3n) is 2.30. The Hall–Kier alpha value is -1.81. The fraction of sp³-hybridized carbons (Fsp3) is 0.231. The van der Waals surface area contributed by atoms with E-state index in [1.807, 2.05) is 24.3 Å². The summed E-state index contributed by atoms with van der Waals surface area (Å²) in [7, 11) is 1.63. The van der Waals surface area contributed by atoms with Crippen LogP contribution in [0.15, 0.2) is 30.3 Å². The predicted octanol–water partition coefficient (Wildman–Crippen LogP) is 3.03. The number of benzene rings is 1. The second-order valence-corrected chi connectivity index (χ2v) is 4.10. The zero-order chi connectivity index (χ0) is 13.0. The maximum atomic E-state index is 5.83. The minimum atomic E-state index is 0.378. The van der Waals surface area contributed by atoms with Gasteiger partial charge in [0.25, 0.3) is 0 Å². The first-order valence-electron chi connectivity index (χ1n) is 5.44. The van der Waals surface area contributed by atoms with E-state index in [0.717, 1.165) is 11.3 Å². The van der Waals surface area contributed by atoms with E-state index in [-0.39, 0.29) is 0 Å². The standard InChI is InChI=1S/C13H13ClN2O2/c1-9-15-12(14)7-13(16-9)18-8-10-4-3-5-11(6-10)17-2/h3-7H,8H2,1-2H3. The van der Waals surface area contributed by atoms with E-state index < -0.39 is 0 Å². The molecule has 0 fully saturated rings. The molecule has 0 aliphatic rings. The number of nitrogens with zero attached hydrogens (tertiary/aromatic N) is 2. The van der Waals surface area contributed by atoms with E-state index in [2.05, 4.69) is 9.97 Å². The molecule has 0 radical (unpaired) electrons. The molecule has 0 saturated heterocycles. The van der Waals surface area contributed by atoms with Gasteiger partial charge in [0.15, 0.2) is 0 Å². The molecule has 5 heteroatoms. The Morgan fingerprint density at radius 1 is 1.22 bits per heavy atom. The van der Waals surface area contributed by atoms with Crippen molar-refractivity contribution in [3.8, 4) is 11.6 Å². The first-order valence-corrected chi connectivity index (χ1v) is 5.82. The van der Waals surface area contributed by atoms with E-state index in [1.165, 1.54) is 0 Å². The molecule has 0 amide bonds. The maximum absolute atomic E-state index is 5.83. The molecule has 1 heterocycles. The van der Waals surface area contributed by atoms with E-state index in [9.17, 15) is 0 Å². The van der Waals surface area contributed by atoms with Crippen LogP contribution in [0.1, 0.15) is 11.4 Å². The van der Waals surface area contributed by atoms with Crippen LogP contribution in [0, 0.1) is 6.92 Å². The van der Waals surface area contributed by atoms with Gasteiger partial charge in [-0.3, -0.25) is 0 Å². The summed E-state index contributed by atoms with van der Waals surface area (Å²) in [6, 6.07) is 9.26. The largest absolute Gasteiger partial charge is 0.497 e. The normalized spacial score (nSPS) is 10.2. The lowest BCUT2D eigenvalue weighted by Crippen LogP contribution is -1.99. The molecular weight excluding hydrogens is 252 g/mol. The van der Waals surface area contributed by atoms with Crippen molar-refractivity contribution in [2.45, 2.75) is 13.5 Å². The zero-order valence-corrected chi connectivity index (χ0v) is 10.9. The molecule has 0 saturated carbocycles. The van der Waals surface area contributed by atoms with Crippen LogP contribution in [-0.4, -0.2) is 17.1 Å². The lowest BCUT2D eigenvalue weighted by atomic mass is 10.2. The molecule has 0 unspecified atom stereocenters. The number of halogens is 1. The molecule has 0 bridgehead atoms. The van der Waals surface area contributed by atoms with Crippen LogP contribution in [0.5, 0.6) is 11.6 Å². The first kappa shape index (κ1) is 12.6. The van der Waals surface area contributed by atoms with Crippen molar-refractivity contribution in [1.82, 2.24) is 9.97 Å². The van der Waals surface area contributed by atoms with E-state index >= 15 is 0 Å². The Balaban J connectivity index is 2.06. The highest BCUT2D eigenvalue weighted by Gasteiger charge is 2.02. The summed E-state index contributed by atoms with van der Waals surface area (Å²) >= 11 is 5.83. The van der Waals surface area contributed by atoms with Crippen LogP contribution in [0.4, 0.5) is 0 Å². The van der Waals surface area contributed by atoms with Gasteiger partial charge in [-0.25, -0.2) is 4.98 Å². The van der Waals surface area contributed by atoms with Crippen LogP contribution >= 0.6 is 11.6 Å². The Bertz CT molecular complexity index is 526. The molecule has 0 aliphatic heterocycles. The molecule has 18 heavy (non-hydrogen) atoms. The zero-order valence-electron chi connectivity index (χ0n) is 10.2. The molecule has 94 valence electrons. The highest BCUT2D eigenvalue weighted by molar-refractivity contribution is 6.29. The molecule has 0 spiro atoms. The molecule has 0 N–H and O–H groups in total. The van der Waals surface area contributed by atoms with Gasteiger partial charge in [-0.2, -0.15) is 4.98 Å². The summed E-state index contributed by atoms with van der Waals surface area (Å²) in [5.41, 5.74) is 1.00. The molecule has 2 aromatic rings. The summed E-state index contributed by atoms with van der Waals surface area (Å²) in [5, 5.41) is 0.378. The van der Waals surface area contributed by atoms with Crippen molar-refractivity contribution in [2.75, 3.05) is 7.11 Å². The summed E-state index contributed by atoms with van der Waals surface area (Å²) in [6.45, 7) is 2.17. The van der Waals surface area contributed by atoms with Gasteiger partial charge in [0.1, 0.15) is 23.3 Å². The summed E-state index contributed by atoms with van der Waals surface area (Å²) in [5.74, 6) is 1.85. The van der Waals surface area contributed by atoms with Crippen LogP contribution in [0.3, 0.4) is 0 Å². The summed E-state index contributed by atoms with van der Waals surface area (Å²) < 4.78 is 10.7. The SMILES string of the molecule is COc1cccc(COc2cc(Cl)nc(C)n2)c1. The highest BCUT2D eigenvalue weighted by atomic mass is 35.5. The minimum Gasteiger partial charge on any atom is -0.497 e. The number of hydrogen-bond acceptors (Lipinski definition) is 4. The van der Waals surface area contributed by atoms with Gasteiger partial charge in [-0.15, -0.1) is 0 Å². The molecule has 0 atom stereocenters. The van der Waals surface area contributed by atoms with Gasteiger partial charge in [-0.05, 0) is 24.6 Å².